The van der Waals surface area contributed by atoms with E-state index in [0.29, 0.717) is 28.4 Å². The van der Waals surface area contributed by atoms with Crippen LogP contribution in [0.15, 0.2) is 35.4 Å². The quantitative estimate of drug-likeness (QED) is 0.499. The number of aromatic hydroxyl groups is 1. The van der Waals surface area contributed by atoms with Gasteiger partial charge in [0, 0.05) is 43.0 Å². The van der Waals surface area contributed by atoms with Crippen molar-refractivity contribution >= 4 is 17.8 Å². The highest BCUT2D eigenvalue weighted by molar-refractivity contribution is 5.96. The zero-order valence-corrected chi connectivity index (χ0v) is 18.3. The molecule has 0 aliphatic heterocycles. The van der Waals surface area contributed by atoms with Gasteiger partial charge >= 0.3 is 0 Å². The number of methoxy groups -OCH3 is 3. The Morgan fingerprint density at radius 1 is 1.03 bits per heavy atom. The number of hydrazone groups is 1. The van der Waals surface area contributed by atoms with Gasteiger partial charge < -0.3 is 24.2 Å². The Labute approximate surface area is 177 Å². The second-order valence-electron chi connectivity index (χ2n) is 6.40. The molecule has 0 spiro atoms. The lowest BCUT2D eigenvalue weighted by atomic mass is 10.1. The molecule has 30 heavy (non-hydrogen) atoms. The van der Waals surface area contributed by atoms with Crippen LogP contribution in [-0.2, 0) is 0 Å². The molecular weight excluding hydrogens is 386 g/mol. The molecule has 0 aliphatic rings. The van der Waals surface area contributed by atoms with Crippen LogP contribution in [0.2, 0.25) is 0 Å². The molecule has 2 aromatic rings. The van der Waals surface area contributed by atoms with Crippen molar-refractivity contribution in [3.8, 4) is 23.0 Å². The predicted molar refractivity (Wildman–Crippen MR) is 117 cm³/mol. The molecule has 0 unspecified atom stereocenters. The lowest BCUT2D eigenvalue weighted by molar-refractivity contribution is 0.0799. The highest BCUT2D eigenvalue weighted by Gasteiger charge is 2.19. The Hall–Kier alpha value is -3.42. The number of hydrogen-bond donors (Lipinski definition) is 1. The summed E-state index contributed by atoms with van der Waals surface area (Å²) in [5, 5.41) is 15.7. The molecule has 1 N–H and O–H groups in total. The molecule has 1 amide bonds. The van der Waals surface area contributed by atoms with Crippen molar-refractivity contribution in [3.63, 3.8) is 0 Å². The number of carbonyl (C=O) groups excluding carboxylic acids is 1. The van der Waals surface area contributed by atoms with E-state index in [0.717, 1.165) is 18.8 Å². The Bertz CT molecular complexity index is 885. The minimum atomic E-state index is -0.371. The maximum Gasteiger partial charge on any atom is 0.273 e. The summed E-state index contributed by atoms with van der Waals surface area (Å²) in [6.45, 7) is 5.80. The van der Waals surface area contributed by atoms with Crippen LogP contribution in [0.1, 0.15) is 29.8 Å². The van der Waals surface area contributed by atoms with E-state index in [4.69, 9.17) is 14.2 Å². The summed E-state index contributed by atoms with van der Waals surface area (Å²) in [4.78, 5) is 14.9. The number of hydrogen-bond acceptors (Lipinski definition) is 7. The number of phenolic OH excluding ortho intramolecular Hbond substituents is 1. The van der Waals surface area contributed by atoms with E-state index < -0.39 is 0 Å². The van der Waals surface area contributed by atoms with Crippen LogP contribution in [0, 0.1) is 0 Å². The number of benzene rings is 2. The Kier molecular flexibility index (Phi) is 7.91. The van der Waals surface area contributed by atoms with Gasteiger partial charge in [-0.25, -0.2) is 5.01 Å². The van der Waals surface area contributed by atoms with Crippen LogP contribution in [0.25, 0.3) is 0 Å². The summed E-state index contributed by atoms with van der Waals surface area (Å²) < 4.78 is 15.9. The molecule has 0 bridgehead atoms. The summed E-state index contributed by atoms with van der Waals surface area (Å²) in [5.41, 5.74) is 1.76. The van der Waals surface area contributed by atoms with Crippen molar-refractivity contribution in [1.29, 1.82) is 0 Å². The summed E-state index contributed by atoms with van der Waals surface area (Å²) >= 11 is 0. The molecule has 0 saturated carbocycles. The maximum absolute atomic E-state index is 12.8. The van der Waals surface area contributed by atoms with Gasteiger partial charge in [-0.2, -0.15) is 5.10 Å². The first-order valence-electron chi connectivity index (χ1n) is 9.60. The molecule has 162 valence electrons. The topological polar surface area (TPSA) is 83.8 Å². The first-order valence-corrected chi connectivity index (χ1v) is 9.60. The Morgan fingerprint density at radius 2 is 1.63 bits per heavy atom. The van der Waals surface area contributed by atoms with Gasteiger partial charge in [0.25, 0.3) is 5.91 Å². The van der Waals surface area contributed by atoms with Crippen LogP contribution in [0.3, 0.4) is 0 Å². The number of anilines is 1. The minimum absolute atomic E-state index is 0.0942. The molecule has 0 aliphatic carbocycles. The summed E-state index contributed by atoms with van der Waals surface area (Å²) in [7, 11) is 6.00. The van der Waals surface area contributed by atoms with E-state index in [9.17, 15) is 9.90 Å². The largest absolute Gasteiger partial charge is 0.507 e. The molecule has 0 radical (unpaired) electrons. The number of rotatable bonds is 9. The highest BCUT2D eigenvalue weighted by Crippen LogP contribution is 2.38. The van der Waals surface area contributed by atoms with E-state index in [2.05, 4.69) is 23.8 Å². The van der Waals surface area contributed by atoms with Crippen molar-refractivity contribution < 1.29 is 24.1 Å². The van der Waals surface area contributed by atoms with Crippen molar-refractivity contribution in [2.75, 3.05) is 46.4 Å². The third-order valence-corrected chi connectivity index (χ3v) is 4.72. The average molecular weight is 415 g/mol. The molecule has 8 nitrogen and oxygen atoms in total. The second kappa shape index (κ2) is 10.4. The average Bonchev–Trinajstić information content (AvgIpc) is 2.77. The first-order chi connectivity index (χ1) is 14.4. The van der Waals surface area contributed by atoms with Crippen molar-refractivity contribution in [3.05, 3.63) is 41.5 Å². The van der Waals surface area contributed by atoms with E-state index >= 15 is 0 Å². The van der Waals surface area contributed by atoms with Crippen LogP contribution in [0.4, 0.5) is 5.69 Å². The van der Waals surface area contributed by atoms with Crippen LogP contribution in [-0.4, -0.2) is 63.7 Å². The first kappa shape index (κ1) is 22.9. The monoisotopic (exact) mass is 415 g/mol. The summed E-state index contributed by atoms with van der Waals surface area (Å²) in [5.74, 6) is 0.881. The second-order valence-corrected chi connectivity index (χ2v) is 6.40. The van der Waals surface area contributed by atoms with Gasteiger partial charge in [0.15, 0.2) is 11.5 Å². The molecular formula is C22H29N3O5. The van der Waals surface area contributed by atoms with E-state index in [-0.39, 0.29) is 11.7 Å². The molecule has 0 heterocycles. The molecule has 0 fully saturated rings. The number of nitrogens with zero attached hydrogens (tertiary/aromatic N) is 3. The molecule has 8 heteroatoms. The van der Waals surface area contributed by atoms with Crippen molar-refractivity contribution in [1.82, 2.24) is 5.01 Å². The summed E-state index contributed by atoms with van der Waals surface area (Å²) in [6, 6.07) is 8.49. The number of phenols is 1. The minimum Gasteiger partial charge on any atom is -0.507 e. The number of carbonyl (C=O) groups is 1. The third kappa shape index (κ3) is 4.94. The molecule has 0 aromatic heterocycles. The fourth-order valence-electron chi connectivity index (χ4n) is 3.02. The van der Waals surface area contributed by atoms with Crippen molar-refractivity contribution in [2.45, 2.75) is 13.8 Å². The SMILES string of the molecule is CCN(CC)c1ccc(/C=N/N(C)C(=O)c2cc(OC)c(OC)c(OC)c2)c(O)c1. The van der Waals surface area contributed by atoms with Crippen LogP contribution >= 0.6 is 0 Å². The van der Waals surface area contributed by atoms with Gasteiger partial charge in [-0.15, -0.1) is 0 Å². The number of ether oxygens (including phenoxy) is 3. The zero-order valence-electron chi connectivity index (χ0n) is 18.3. The molecule has 0 atom stereocenters. The van der Waals surface area contributed by atoms with E-state index in [1.807, 2.05) is 6.07 Å². The molecule has 0 saturated heterocycles. The van der Waals surface area contributed by atoms with Crippen LogP contribution in [0.5, 0.6) is 23.0 Å². The highest BCUT2D eigenvalue weighted by atomic mass is 16.5. The number of amides is 1. The molecule has 2 rings (SSSR count). The third-order valence-electron chi connectivity index (χ3n) is 4.72. The Balaban J connectivity index is 2.24. The predicted octanol–water partition coefficient (Wildman–Crippen LogP) is 3.37. The standard InChI is InChI=1S/C22H29N3O5/c1-7-25(8-2)17-10-9-15(18(26)13-17)14-23-24(3)22(27)16-11-19(28-4)21(30-6)20(12-16)29-5/h9-14,26H,7-8H2,1-6H3/b23-14+. The van der Waals surface area contributed by atoms with E-state index in [1.54, 1.807) is 24.3 Å². The lowest BCUT2D eigenvalue weighted by Crippen LogP contribution is -2.22. The smallest absolute Gasteiger partial charge is 0.273 e. The fraction of sp³-hybridized carbons (Fsp3) is 0.364. The maximum atomic E-state index is 12.8. The van der Waals surface area contributed by atoms with Gasteiger partial charge in [0.1, 0.15) is 5.75 Å². The Morgan fingerprint density at radius 3 is 2.10 bits per heavy atom. The van der Waals surface area contributed by atoms with E-state index in [1.165, 1.54) is 39.6 Å². The van der Waals surface area contributed by atoms with Gasteiger partial charge in [0.05, 0.1) is 27.5 Å². The lowest BCUT2D eigenvalue weighted by Gasteiger charge is -2.21. The van der Waals surface area contributed by atoms with Crippen molar-refractivity contribution in [2.24, 2.45) is 5.10 Å². The van der Waals surface area contributed by atoms with Crippen LogP contribution < -0.4 is 19.1 Å². The van der Waals surface area contributed by atoms with Gasteiger partial charge in [0.2, 0.25) is 5.75 Å². The fourth-order valence-corrected chi connectivity index (χ4v) is 3.02. The van der Waals surface area contributed by atoms with Gasteiger partial charge in [-0.1, -0.05) is 0 Å². The molecule has 2 aromatic carbocycles. The normalized spacial score (nSPS) is 10.7. The zero-order chi connectivity index (χ0) is 22.3. The van der Waals surface area contributed by atoms with Gasteiger partial charge in [-0.05, 0) is 38.1 Å². The van der Waals surface area contributed by atoms with Gasteiger partial charge in [-0.3, -0.25) is 4.79 Å². The summed E-state index contributed by atoms with van der Waals surface area (Å²) in [6.07, 6.45) is 1.44.